The van der Waals surface area contributed by atoms with Gasteiger partial charge in [-0.05, 0) is 24.3 Å². The molecule has 0 radical (unpaired) electrons. The van der Waals surface area contributed by atoms with Crippen LogP contribution in [-0.4, -0.2) is 4.98 Å². The number of hydrogen-bond acceptors (Lipinski definition) is 4. The lowest BCUT2D eigenvalue weighted by molar-refractivity contribution is 1.14. The number of halogens is 1. The van der Waals surface area contributed by atoms with E-state index in [1.54, 1.807) is 6.07 Å². The van der Waals surface area contributed by atoms with Crippen LogP contribution >= 0.6 is 22.9 Å². The Balaban J connectivity index is 2.00. The summed E-state index contributed by atoms with van der Waals surface area (Å²) >= 11 is 7.23. The molecule has 0 saturated carbocycles. The third-order valence-corrected chi connectivity index (χ3v) is 3.13. The van der Waals surface area contributed by atoms with E-state index in [4.69, 9.17) is 16.9 Å². The molecule has 0 saturated heterocycles. The summed E-state index contributed by atoms with van der Waals surface area (Å²) in [4.78, 5) is 5.92. The molecule has 5 heteroatoms. The smallest absolute Gasteiger partial charge is 0.131 e. The number of nitrogens with zero attached hydrogens (tertiary/aromatic N) is 2. The van der Waals surface area contributed by atoms with Crippen LogP contribution in [0, 0.1) is 11.3 Å². The Bertz CT molecular complexity index is 530. The SMILES string of the molecule is N#Cc1ccc(CNc2cccc(Cl)n2)s1. The highest BCUT2D eigenvalue weighted by Gasteiger charge is 2.00. The number of thiophene rings is 1. The molecule has 0 aliphatic heterocycles. The van der Waals surface area contributed by atoms with Crippen molar-refractivity contribution in [1.82, 2.24) is 4.98 Å². The monoisotopic (exact) mass is 249 g/mol. The number of rotatable bonds is 3. The lowest BCUT2D eigenvalue weighted by Gasteiger charge is -2.03. The first kappa shape index (κ1) is 10.9. The van der Waals surface area contributed by atoms with Gasteiger partial charge in [0.25, 0.3) is 0 Å². The fraction of sp³-hybridized carbons (Fsp3) is 0.0909. The van der Waals surface area contributed by atoms with Crippen LogP contribution in [0.15, 0.2) is 30.3 Å². The summed E-state index contributed by atoms with van der Waals surface area (Å²) in [6.07, 6.45) is 0. The van der Waals surface area contributed by atoms with Crippen molar-refractivity contribution < 1.29 is 0 Å². The van der Waals surface area contributed by atoms with Gasteiger partial charge in [0.05, 0.1) is 6.54 Å². The molecular weight excluding hydrogens is 242 g/mol. The van der Waals surface area contributed by atoms with E-state index in [-0.39, 0.29) is 0 Å². The standard InChI is InChI=1S/C11H8ClN3S/c12-10-2-1-3-11(15-10)14-7-9-5-4-8(6-13)16-9/h1-5H,7H2,(H,14,15). The molecule has 0 bridgehead atoms. The van der Waals surface area contributed by atoms with Crippen LogP contribution in [0.3, 0.4) is 0 Å². The average Bonchev–Trinajstić information content (AvgIpc) is 2.74. The Hall–Kier alpha value is -1.57. The zero-order valence-corrected chi connectivity index (χ0v) is 9.85. The van der Waals surface area contributed by atoms with Gasteiger partial charge >= 0.3 is 0 Å². The Morgan fingerprint density at radius 3 is 2.94 bits per heavy atom. The van der Waals surface area contributed by atoms with E-state index >= 15 is 0 Å². The minimum absolute atomic E-state index is 0.467. The van der Waals surface area contributed by atoms with Crippen LogP contribution in [-0.2, 0) is 6.54 Å². The Kier molecular flexibility index (Phi) is 3.40. The van der Waals surface area contributed by atoms with Gasteiger partial charge < -0.3 is 5.32 Å². The van der Waals surface area contributed by atoms with Gasteiger partial charge in [0.2, 0.25) is 0 Å². The van der Waals surface area contributed by atoms with Gasteiger partial charge in [-0.2, -0.15) is 5.26 Å². The first-order chi connectivity index (χ1) is 7.78. The lowest BCUT2D eigenvalue weighted by atomic mass is 10.4. The molecule has 0 amide bonds. The summed E-state index contributed by atoms with van der Waals surface area (Å²) in [6, 6.07) is 11.3. The van der Waals surface area contributed by atoms with Gasteiger partial charge in [-0.1, -0.05) is 17.7 Å². The van der Waals surface area contributed by atoms with Crippen LogP contribution in [0.2, 0.25) is 5.15 Å². The topological polar surface area (TPSA) is 48.7 Å². The number of nitrogens with one attached hydrogen (secondary N) is 1. The molecule has 2 aromatic rings. The van der Waals surface area contributed by atoms with Gasteiger partial charge in [-0.25, -0.2) is 4.98 Å². The van der Waals surface area contributed by atoms with Crippen molar-refractivity contribution in [3.05, 3.63) is 45.2 Å². The van der Waals surface area contributed by atoms with Gasteiger partial charge in [0, 0.05) is 4.88 Å². The van der Waals surface area contributed by atoms with Crippen molar-refractivity contribution in [2.24, 2.45) is 0 Å². The molecule has 0 aliphatic carbocycles. The predicted molar refractivity (Wildman–Crippen MR) is 65.6 cm³/mol. The van der Waals surface area contributed by atoms with E-state index in [0.29, 0.717) is 11.7 Å². The van der Waals surface area contributed by atoms with Crippen LogP contribution in [0.5, 0.6) is 0 Å². The highest BCUT2D eigenvalue weighted by molar-refractivity contribution is 7.12. The molecule has 0 fully saturated rings. The third kappa shape index (κ3) is 2.72. The molecule has 0 aromatic carbocycles. The molecule has 1 N–H and O–H groups in total. The zero-order chi connectivity index (χ0) is 11.4. The van der Waals surface area contributed by atoms with E-state index in [0.717, 1.165) is 15.6 Å². The fourth-order valence-electron chi connectivity index (χ4n) is 1.22. The molecule has 80 valence electrons. The van der Waals surface area contributed by atoms with Crippen molar-refractivity contribution in [3.8, 4) is 6.07 Å². The Morgan fingerprint density at radius 1 is 1.38 bits per heavy atom. The number of aromatic nitrogens is 1. The summed E-state index contributed by atoms with van der Waals surface area (Å²) < 4.78 is 0. The molecule has 16 heavy (non-hydrogen) atoms. The quantitative estimate of drug-likeness (QED) is 0.850. The highest BCUT2D eigenvalue weighted by Crippen LogP contribution is 2.17. The predicted octanol–water partition coefficient (Wildman–Crippen LogP) is 3.28. The van der Waals surface area contributed by atoms with Crippen LogP contribution in [0.25, 0.3) is 0 Å². The highest BCUT2D eigenvalue weighted by atomic mass is 35.5. The summed E-state index contributed by atoms with van der Waals surface area (Å²) in [6.45, 7) is 0.652. The van der Waals surface area contributed by atoms with E-state index in [9.17, 15) is 0 Å². The van der Waals surface area contributed by atoms with E-state index in [1.165, 1.54) is 11.3 Å². The van der Waals surface area contributed by atoms with E-state index in [1.807, 2.05) is 24.3 Å². The second-order valence-corrected chi connectivity index (χ2v) is 4.63. The maximum atomic E-state index is 8.68. The maximum absolute atomic E-state index is 8.68. The van der Waals surface area contributed by atoms with Crippen molar-refractivity contribution in [2.45, 2.75) is 6.54 Å². The maximum Gasteiger partial charge on any atom is 0.131 e. The molecule has 0 unspecified atom stereocenters. The van der Waals surface area contributed by atoms with Gasteiger partial charge in [0.1, 0.15) is 21.9 Å². The van der Waals surface area contributed by atoms with E-state index < -0.39 is 0 Å². The molecule has 2 aromatic heterocycles. The Labute approximate surface area is 102 Å². The van der Waals surface area contributed by atoms with Gasteiger partial charge in [0.15, 0.2) is 0 Å². The van der Waals surface area contributed by atoms with E-state index in [2.05, 4.69) is 16.4 Å². The number of nitriles is 1. The number of anilines is 1. The molecular formula is C11H8ClN3S. The minimum Gasteiger partial charge on any atom is -0.365 e. The summed E-state index contributed by atoms with van der Waals surface area (Å²) in [5.41, 5.74) is 0. The molecule has 0 spiro atoms. The van der Waals surface area contributed by atoms with Crippen molar-refractivity contribution in [2.75, 3.05) is 5.32 Å². The zero-order valence-electron chi connectivity index (χ0n) is 8.27. The normalized spacial score (nSPS) is 9.75. The van der Waals surface area contributed by atoms with Gasteiger partial charge in [-0.3, -0.25) is 0 Å². The second-order valence-electron chi connectivity index (χ2n) is 3.08. The van der Waals surface area contributed by atoms with Crippen LogP contribution < -0.4 is 5.32 Å². The second kappa shape index (κ2) is 4.97. The van der Waals surface area contributed by atoms with Gasteiger partial charge in [-0.15, -0.1) is 11.3 Å². The molecule has 2 heterocycles. The average molecular weight is 250 g/mol. The first-order valence-corrected chi connectivity index (χ1v) is 5.82. The van der Waals surface area contributed by atoms with Crippen molar-refractivity contribution in [3.63, 3.8) is 0 Å². The number of hydrogen-bond donors (Lipinski definition) is 1. The van der Waals surface area contributed by atoms with Crippen molar-refractivity contribution >= 4 is 28.8 Å². The summed E-state index contributed by atoms with van der Waals surface area (Å²) in [7, 11) is 0. The largest absolute Gasteiger partial charge is 0.365 e. The molecule has 0 aliphatic rings. The summed E-state index contributed by atoms with van der Waals surface area (Å²) in [5.74, 6) is 0.736. The first-order valence-electron chi connectivity index (χ1n) is 4.63. The van der Waals surface area contributed by atoms with Crippen LogP contribution in [0.4, 0.5) is 5.82 Å². The Morgan fingerprint density at radius 2 is 2.25 bits per heavy atom. The van der Waals surface area contributed by atoms with Crippen molar-refractivity contribution in [1.29, 1.82) is 5.26 Å². The van der Waals surface area contributed by atoms with Crippen LogP contribution in [0.1, 0.15) is 9.75 Å². The minimum atomic E-state index is 0.467. The molecule has 0 atom stereocenters. The fourth-order valence-corrected chi connectivity index (χ4v) is 2.13. The lowest BCUT2D eigenvalue weighted by Crippen LogP contribution is -1.99. The molecule has 3 nitrogen and oxygen atoms in total. The summed E-state index contributed by atoms with van der Waals surface area (Å²) in [5, 5.41) is 12.3. The molecule has 2 rings (SSSR count). The third-order valence-electron chi connectivity index (χ3n) is 1.93. The number of pyridine rings is 1.